The molecule has 5 heteroatoms. The van der Waals surface area contributed by atoms with E-state index in [-0.39, 0.29) is 18.0 Å². The average Bonchev–Trinajstić information content (AvgIpc) is 2.55. The number of rotatable bonds is 6. The molecule has 0 N–H and O–H groups in total. The Morgan fingerprint density at radius 1 is 1.09 bits per heavy atom. The fraction of sp³-hybridized carbons (Fsp3) is 0.278. The second-order valence-corrected chi connectivity index (χ2v) is 5.48. The number of carbonyl (C=O) groups excluding carboxylic acids is 1. The van der Waals surface area contributed by atoms with Crippen LogP contribution in [0.4, 0.5) is 5.69 Å². The summed E-state index contributed by atoms with van der Waals surface area (Å²) in [6.07, 6.45) is 1.01. The number of carbonyl (C=O) groups is 1. The molecule has 0 saturated heterocycles. The van der Waals surface area contributed by atoms with Crippen molar-refractivity contribution in [3.8, 4) is 0 Å². The Labute approximate surface area is 135 Å². The molecule has 0 saturated carbocycles. The van der Waals surface area contributed by atoms with Crippen LogP contribution in [0, 0.1) is 10.1 Å². The summed E-state index contributed by atoms with van der Waals surface area (Å²) in [6, 6.07) is 14.5. The molecule has 2 aromatic rings. The summed E-state index contributed by atoms with van der Waals surface area (Å²) < 4.78 is 0. The Morgan fingerprint density at radius 3 is 2.30 bits per heavy atom. The fourth-order valence-electron chi connectivity index (χ4n) is 2.38. The number of amides is 1. The molecule has 1 amide bonds. The van der Waals surface area contributed by atoms with E-state index in [4.69, 9.17) is 0 Å². The first kappa shape index (κ1) is 16.7. The fourth-order valence-corrected chi connectivity index (χ4v) is 2.38. The predicted molar refractivity (Wildman–Crippen MR) is 89.1 cm³/mol. The molecular weight excluding hydrogens is 292 g/mol. The smallest absolute Gasteiger partial charge is 0.273 e. The molecule has 120 valence electrons. The summed E-state index contributed by atoms with van der Waals surface area (Å²) in [5, 5.41) is 11.0. The molecule has 0 heterocycles. The van der Waals surface area contributed by atoms with Gasteiger partial charge in [-0.2, -0.15) is 0 Å². The molecule has 0 fully saturated rings. The van der Waals surface area contributed by atoms with E-state index in [9.17, 15) is 14.9 Å². The molecule has 0 radical (unpaired) electrons. The van der Waals surface area contributed by atoms with Gasteiger partial charge < -0.3 is 4.90 Å². The zero-order valence-corrected chi connectivity index (χ0v) is 13.4. The highest BCUT2D eigenvalue weighted by molar-refractivity contribution is 5.79. The Kier molecular flexibility index (Phi) is 5.46. The number of nitrogens with zero attached hydrogens (tertiary/aromatic N) is 2. The van der Waals surface area contributed by atoms with Crippen molar-refractivity contribution in [3.05, 3.63) is 75.3 Å². The molecule has 0 bridgehead atoms. The van der Waals surface area contributed by atoms with Crippen molar-refractivity contribution >= 4 is 11.6 Å². The van der Waals surface area contributed by atoms with Crippen molar-refractivity contribution in [2.45, 2.75) is 26.3 Å². The van der Waals surface area contributed by atoms with Crippen LogP contribution < -0.4 is 0 Å². The van der Waals surface area contributed by atoms with Crippen molar-refractivity contribution in [1.29, 1.82) is 0 Å². The summed E-state index contributed by atoms with van der Waals surface area (Å²) in [7, 11) is 1.71. The van der Waals surface area contributed by atoms with Crippen molar-refractivity contribution in [2.75, 3.05) is 7.05 Å². The van der Waals surface area contributed by atoms with Gasteiger partial charge in [-0.15, -0.1) is 0 Å². The molecule has 0 aromatic heterocycles. The van der Waals surface area contributed by atoms with Gasteiger partial charge in [-0.25, -0.2) is 0 Å². The Balaban J connectivity index is 2.04. The number of hydrogen-bond acceptors (Lipinski definition) is 3. The van der Waals surface area contributed by atoms with Crippen LogP contribution in [0.15, 0.2) is 48.5 Å². The van der Waals surface area contributed by atoms with E-state index in [0.717, 1.165) is 12.0 Å². The van der Waals surface area contributed by atoms with Gasteiger partial charge in [0.1, 0.15) is 0 Å². The molecule has 0 aliphatic carbocycles. The van der Waals surface area contributed by atoms with Gasteiger partial charge in [0.15, 0.2) is 0 Å². The summed E-state index contributed by atoms with van der Waals surface area (Å²) in [5.74, 6) is -0.140. The van der Waals surface area contributed by atoms with Gasteiger partial charge in [0, 0.05) is 25.2 Å². The highest BCUT2D eigenvalue weighted by Crippen LogP contribution is 2.19. The number of para-hydroxylation sites is 1. The van der Waals surface area contributed by atoms with Gasteiger partial charge in [0.2, 0.25) is 5.91 Å². The van der Waals surface area contributed by atoms with Gasteiger partial charge in [0.25, 0.3) is 5.69 Å². The van der Waals surface area contributed by atoms with Gasteiger partial charge in [-0.1, -0.05) is 49.4 Å². The third-order valence-corrected chi connectivity index (χ3v) is 3.81. The normalized spacial score (nSPS) is 10.3. The second-order valence-electron chi connectivity index (χ2n) is 5.48. The lowest BCUT2D eigenvalue weighted by molar-refractivity contribution is -0.385. The summed E-state index contributed by atoms with van der Waals surface area (Å²) in [5.41, 5.74) is 2.72. The van der Waals surface area contributed by atoms with E-state index >= 15 is 0 Å². The first-order chi connectivity index (χ1) is 11.0. The first-order valence-corrected chi connectivity index (χ1v) is 7.55. The third-order valence-electron chi connectivity index (χ3n) is 3.81. The largest absolute Gasteiger partial charge is 0.341 e. The van der Waals surface area contributed by atoms with Gasteiger partial charge in [-0.3, -0.25) is 14.9 Å². The van der Waals surface area contributed by atoms with E-state index < -0.39 is 4.92 Å². The van der Waals surface area contributed by atoms with Gasteiger partial charge in [0.05, 0.1) is 11.3 Å². The molecule has 2 aromatic carbocycles. The number of nitro groups is 1. The van der Waals surface area contributed by atoms with Crippen LogP contribution in [0.5, 0.6) is 0 Å². The maximum atomic E-state index is 12.3. The van der Waals surface area contributed by atoms with Gasteiger partial charge >= 0.3 is 0 Å². The molecule has 23 heavy (non-hydrogen) atoms. The zero-order valence-electron chi connectivity index (χ0n) is 13.4. The minimum Gasteiger partial charge on any atom is -0.341 e. The van der Waals surface area contributed by atoms with E-state index in [1.165, 1.54) is 11.6 Å². The van der Waals surface area contributed by atoms with Crippen LogP contribution in [0.25, 0.3) is 0 Å². The Morgan fingerprint density at radius 2 is 1.70 bits per heavy atom. The monoisotopic (exact) mass is 312 g/mol. The number of benzene rings is 2. The average molecular weight is 312 g/mol. The third kappa shape index (κ3) is 4.39. The first-order valence-electron chi connectivity index (χ1n) is 7.55. The van der Waals surface area contributed by atoms with E-state index in [2.05, 4.69) is 19.1 Å². The summed E-state index contributed by atoms with van der Waals surface area (Å²) >= 11 is 0. The van der Waals surface area contributed by atoms with Crippen LogP contribution in [0.1, 0.15) is 23.6 Å². The Bertz CT molecular complexity index is 696. The molecule has 2 rings (SSSR count). The predicted octanol–water partition coefficient (Wildman–Crippen LogP) is 3.36. The molecule has 0 spiro atoms. The maximum absolute atomic E-state index is 12.3. The SMILES string of the molecule is CCc1ccc(CN(C)C(=O)Cc2ccccc2[N+](=O)[O-])cc1. The van der Waals surface area contributed by atoms with Gasteiger partial charge in [-0.05, 0) is 17.5 Å². The highest BCUT2D eigenvalue weighted by Gasteiger charge is 2.17. The number of aryl methyl sites for hydroxylation is 1. The molecule has 5 nitrogen and oxygen atoms in total. The Hall–Kier alpha value is -2.69. The second kappa shape index (κ2) is 7.54. The number of nitro benzene ring substituents is 1. The van der Waals surface area contributed by atoms with Crippen LogP contribution in [-0.4, -0.2) is 22.8 Å². The molecule has 0 aliphatic heterocycles. The minimum absolute atomic E-state index is 0.0125. The van der Waals surface area contributed by atoms with Crippen LogP contribution in [0.2, 0.25) is 0 Å². The van der Waals surface area contributed by atoms with Crippen LogP contribution in [-0.2, 0) is 24.2 Å². The van der Waals surface area contributed by atoms with E-state index in [1.807, 2.05) is 12.1 Å². The molecule has 0 aliphatic rings. The molecular formula is C18H20N2O3. The lowest BCUT2D eigenvalue weighted by Crippen LogP contribution is -2.27. The number of hydrogen-bond donors (Lipinski definition) is 0. The quantitative estimate of drug-likeness (QED) is 0.607. The summed E-state index contributed by atoms with van der Waals surface area (Å²) in [6.45, 7) is 2.58. The lowest BCUT2D eigenvalue weighted by Gasteiger charge is -2.17. The molecule has 0 atom stereocenters. The summed E-state index contributed by atoms with van der Waals surface area (Å²) in [4.78, 5) is 24.5. The van der Waals surface area contributed by atoms with E-state index in [1.54, 1.807) is 30.1 Å². The number of likely N-dealkylation sites (N-methyl/N-ethyl adjacent to an activating group) is 1. The molecule has 0 unspecified atom stereocenters. The maximum Gasteiger partial charge on any atom is 0.273 e. The van der Waals surface area contributed by atoms with E-state index in [0.29, 0.717) is 12.1 Å². The van der Waals surface area contributed by atoms with Crippen LogP contribution in [0.3, 0.4) is 0 Å². The highest BCUT2D eigenvalue weighted by atomic mass is 16.6. The van der Waals surface area contributed by atoms with Crippen molar-refractivity contribution in [2.24, 2.45) is 0 Å². The van der Waals surface area contributed by atoms with Crippen molar-refractivity contribution < 1.29 is 9.72 Å². The zero-order chi connectivity index (χ0) is 16.8. The van der Waals surface area contributed by atoms with Crippen LogP contribution >= 0.6 is 0 Å². The minimum atomic E-state index is -0.452. The van der Waals surface area contributed by atoms with Crippen molar-refractivity contribution in [3.63, 3.8) is 0 Å². The lowest BCUT2D eigenvalue weighted by atomic mass is 10.1. The topological polar surface area (TPSA) is 63.5 Å². The standard InChI is InChI=1S/C18H20N2O3/c1-3-14-8-10-15(11-9-14)13-19(2)18(21)12-16-6-4-5-7-17(16)20(22)23/h4-11H,3,12-13H2,1-2H3. The van der Waals surface area contributed by atoms with Crippen molar-refractivity contribution in [1.82, 2.24) is 4.90 Å².